The molecule has 148 valence electrons. The molecule has 2 aliphatic rings. The maximum atomic E-state index is 12.5. The van der Waals surface area contributed by atoms with Crippen LogP contribution in [0.4, 0.5) is 10.5 Å². The first-order valence-corrected chi connectivity index (χ1v) is 9.11. The van der Waals surface area contributed by atoms with Crippen molar-refractivity contribution >= 4 is 17.7 Å². The van der Waals surface area contributed by atoms with E-state index < -0.39 is 11.4 Å². The van der Waals surface area contributed by atoms with Crippen LogP contribution in [0, 0.1) is 5.41 Å². The quantitative estimate of drug-likeness (QED) is 0.813. The average Bonchev–Trinajstić information content (AvgIpc) is 3.29. The van der Waals surface area contributed by atoms with Crippen molar-refractivity contribution in [3.63, 3.8) is 0 Å². The monoisotopic (exact) mass is 377 g/mol. The standard InChI is InChI=1S/C19H27N3O5/c1-19(17(23)24)5-7-22(12-19)18(25)20-13-4-6-21(11-13)14-8-15(26-2)10-16(9-14)27-3/h8-10,13H,4-7,11-12H2,1-3H3,(H,20,25)(H,23,24). The summed E-state index contributed by atoms with van der Waals surface area (Å²) in [4.78, 5) is 27.7. The zero-order chi connectivity index (χ0) is 19.6. The Balaban J connectivity index is 1.59. The van der Waals surface area contributed by atoms with E-state index in [0.29, 0.717) is 19.5 Å². The number of aliphatic carboxylic acids is 1. The zero-order valence-electron chi connectivity index (χ0n) is 16.0. The summed E-state index contributed by atoms with van der Waals surface area (Å²) in [6, 6.07) is 5.56. The maximum absolute atomic E-state index is 12.5. The number of urea groups is 1. The molecule has 1 aromatic carbocycles. The minimum atomic E-state index is -0.851. The number of ether oxygens (including phenoxy) is 2. The Labute approximate surface area is 159 Å². The van der Waals surface area contributed by atoms with Crippen molar-refractivity contribution in [2.75, 3.05) is 45.3 Å². The van der Waals surface area contributed by atoms with Gasteiger partial charge in [-0.3, -0.25) is 4.79 Å². The van der Waals surface area contributed by atoms with Gasteiger partial charge >= 0.3 is 12.0 Å². The molecule has 2 heterocycles. The molecule has 1 aromatic rings. The van der Waals surface area contributed by atoms with Gasteiger partial charge in [0.1, 0.15) is 11.5 Å². The van der Waals surface area contributed by atoms with Crippen LogP contribution in [0.5, 0.6) is 11.5 Å². The van der Waals surface area contributed by atoms with Crippen molar-refractivity contribution in [3.05, 3.63) is 18.2 Å². The molecule has 0 saturated carbocycles. The van der Waals surface area contributed by atoms with Gasteiger partial charge in [0.2, 0.25) is 0 Å². The second-order valence-corrected chi connectivity index (χ2v) is 7.49. The van der Waals surface area contributed by atoms with Gasteiger partial charge in [0.25, 0.3) is 0 Å². The van der Waals surface area contributed by atoms with Crippen molar-refractivity contribution in [1.29, 1.82) is 0 Å². The molecule has 2 fully saturated rings. The van der Waals surface area contributed by atoms with Crippen molar-refractivity contribution in [1.82, 2.24) is 10.2 Å². The Bertz CT molecular complexity index is 703. The summed E-state index contributed by atoms with van der Waals surface area (Å²) >= 11 is 0. The number of carboxylic acid groups (broad SMARTS) is 1. The molecule has 3 rings (SSSR count). The number of hydrogen-bond donors (Lipinski definition) is 2. The van der Waals surface area contributed by atoms with E-state index in [9.17, 15) is 14.7 Å². The van der Waals surface area contributed by atoms with Gasteiger partial charge in [0.15, 0.2) is 0 Å². The Morgan fingerprint density at radius 1 is 1.19 bits per heavy atom. The summed E-state index contributed by atoms with van der Waals surface area (Å²) in [5, 5.41) is 12.4. The van der Waals surface area contributed by atoms with Crippen molar-refractivity contribution in [2.24, 2.45) is 5.41 Å². The third-order valence-corrected chi connectivity index (χ3v) is 5.49. The molecule has 0 radical (unpaired) electrons. The number of likely N-dealkylation sites (tertiary alicyclic amines) is 1. The maximum Gasteiger partial charge on any atom is 0.317 e. The van der Waals surface area contributed by atoms with Gasteiger partial charge in [0.05, 0.1) is 19.6 Å². The molecule has 0 aromatic heterocycles. The third kappa shape index (κ3) is 4.04. The molecular formula is C19H27N3O5. The number of carbonyl (C=O) groups excluding carboxylic acids is 1. The van der Waals surface area contributed by atoms with Crippen molar-refractivity contribution < 1.29 is 24.2 Å². The van der Waals surface area contributed by atoms with Crippen LogP contribution in [-0.2, 0) is 4.79 Å². The number of anilines is 1. The lowest BCUT2D eigenvalue weighted by Crippen LogP contribution is -2.46. The first kappa shape index (κ1) is 19.1. The van der Waals surface area contributed by atoms with Crippen molar-refractivity contribution in [2.45, 2.75) is 25.8 Å². The molecule has 2 unspecified atom stereocenters. The van der Waals surface area contributed by atoms with E-state index in [1.54, 1.807) is 26.0 Å². The van der Waals surface area contributed by atoms with Gasteiger partial charge in [-0.15, -0.1) is 0 Å². The van der Waals surface area contributed by atoms with Gasteiger partial charge < -0.3 is 29.7 Å². The first-order valence-electron chi connectivity index (χ1n) is 9.11. The minimum Gasteiger partial charge on any atom is -0.497 e. The van der Waals surface area contributed by atoms with Crippen LogP contribution in [0.1, 0.15) is 19.8 Å². The highest BCUT2D eigenvalue weighted by Gasteiger charge is 2.42. The van der Waals surface area contributed by atoms with Crippen LogP contribution >= 0.6 is 0 Å². The number of carbonyl (C=O) groups is 2. The molecule has 2 atom stereocenters. The number of amides is 2. The summed E-state index contributed by atoms with van der Waals surface area (Å²) in [5.41, 5.74) is 0.137. The number of methoxy groups -OCH3 is 2. The van der Waals surface area contributed by atoms with Gasteiger partial charge in [0, 0.05) is 56.1 Å². The van der Waals surface area contributed by atoms with Gasteiger partial charge in [-0.2, -0.15) is 0 Å². The summed E-state index contributed by atoms with van der Waals surface area (Å²) in [5.74, 6) is 0.598. The second kappa shape index (κ2) is 7.54. The third-order valence-electron chi connectivity index (χ3n) is 5.49. The van der Waals surface area contributed by atoms with Crippen LogP contribution in [0.15, 0.2) is 18.2 Å². The van der Waals surface area contributed by atoms with Crippen LogP contribution in [-0.4, -0.2) is 68.4 Å². The van der Waals surface area contributed by atoms with Gasteiger partial charge in [-0.25, -0.2) is 4.79 Å². The fourth-order valence-corrected chi connectivity index (χ4v) is 3.66. The SMILES string of the molecule is COc1cc(OC)cc(N2CCC(NC(=O)N3CCC(C)(C(=O)O)C3)C2)c1. The molecule has 8 heteroatoms. The first-order chi connectivity index (χ1) is 12.8. The molecule has 8 nitrogen and oxygen atoms in total. The predicted octanol–water partition coefficient (Wildman–Crippen LogP) is 1.79. The highest BCUT2D eigenvalue weighted by molar-refractivity contribution is 5.79. The Morgan fingerprint density at radius 2 is 1.85 bits per heavy atom. The summed E-state index contributed by atoms with van der Waals surface area (Å²) < 4.78 is 10.6. The number of nitrogens with zero attached hydrogens (tertiary/aromatic N) is 2. The Morgan fingerprint density at radius 3 is 2.41 bits per heavy atom. The lowest BCUT2D eigenvalue weighted by atomic mass is 9.90. The van der Waals surface area contributed by atoms with E-state index in [1.807, 2.05) is 18.2 Å². The van der Waals surface area contributed by atoms with E-state index in [2.05, 4.69) is 10.2 Å². The molecular weight excluding hydrogens is 350 g/mol. The number of nitrogens with one attached hydrogen (secondary N) is 1. The molecule has 0 aliphatic carbocycles. The summed E-state index contributed by atoms with van der Waals surface area (Å²) in [7, 11) is 3.24. The van der Waals surface area contributed by atoms with Crippen LogP contribution in [0.2, 0.25) is 0 Å². The van der Waals surface area contributed by atoms with Crippen LogP contribution < -0.4 is 19.7 Å². The second-order valence-electron chi connectivity index (χ2n) is 7.49. The van der Waals surface area contributed by atoms with Gasteiger partial charge in [-0.05, 0) is 19.8 Å². The van der Waals surface area contributed by atoms with Crippen molar-refractivity contribution in [3.8, 4) is 11.5 Å². The van der Waals surface area contributed by atoms with Gasteiger partial charge in [-0.1, -0.05) is 0 Å². The zero-order valence-corrected chi connectivity index (χ0v) is 16.0. The van der Waals surface area contributed by atoms with E-state index >= 15 is 0 Å². The van der Waals surface area contributed by atoms with Crippen LogP contribution in [0.25, 0.3) is 0 Å². The lowest BCUT2D eigenvalue weighted by Gasteiger charge is -2.23. The molecule has 2 aliphatic heterocycles. The van der Waals surface area contributed by atoms with E-state index in [-0.39, 0.29) is 18.6 Å². The largest absolute Gasteiger partial charge is 0.497 e. The number of carboxylic acids is 1. The molecule has 2 amide bonds. The van der Waals surface area contributed by atoms with E-state index in [0.717, 1.165) is 30.2 Å². The minimum absolute atomic E-state index is 0.0198. The Kier molecular flexibility index (Phi) is 5.34. The average molecular weight is 377 g/mol. The number of rotatable bonds is 5. The summed E-state index contributed by atoms with van der Waals surface area (Å²) in [6.45, 7) is 3.91. The normalized spacial score (nSPS) is 24.8. The number of hydrogen-bond acceptors (Lipinski definition) is 5. The smallest absolute Gasteiger partial charge is 0.317 e. The molecule has 2 saturated heterocycles. The number of benzene rings is 1. The predicted molar refractivity (Wildman–Crippen MR) is 101 cm³/mol. The highest BCUT2D eigenvalue weighted by Crippen LogP contribution is 2.32. The summed E-state index contributed by atoms with van der Waals surface area (Å²) in [6.07, 6.45) is 1.31. The molecule has 0 spiro atoms. The fourth-order valence-electron chi connectivity index (χ4n) is 3.66. The fraction of sp³-hybridized carbons (Fsp3) is 0.579. The lowest BCUT2D eigenvalue weighted by molar-refractivity contribution is -0.147. The molecule has 2 N–H and O–H groups in total. The highest BCUT2D eigenvalue weighted by atomic mass is 16.5. The van der Waals surface area contributed by atoms with E-state index in [1.165, 1.54) is 0 Å². The molecule has 27 heavy (non-hydrogen) atoms. The topological polar surface area (TPSA) is 91.3 Å². The van der Waals surface area contributed by atoms with Crippen LogP contribution in [0.3, 0.4) is 0 Å². The Hall–Kier alpha value is -2.64. The molecule has 0 bridgehead atoms. The van der Waals surface area contributed by atoms with E-state index in [4.69, 9.17) is 9.47 Å².